The van der Waals surface area contributed by atoms with Gasteiger partial charge < -0.3 is 4.42 Å². The summed E-state index contributed by atoms with van der Waals surface area (Å²) in [6, 6.07) is 14.0. The number of nitro groups is 1. The van der Waals surface area contributed by atoms with Gasteiger partial charge in [-0.1, -0.05) is 32.9 Å². The quantitative estimate of drug-likeness (QED) is 0.519. The lowest BCUT2D eigenvalue weighted by atomic mass is 9.87. The zero-order valence-corrected chi connectivity index (χ0v) is 13.7. The maximum Gasteiger partial charge on any atom is 0.269 e. The molecule has 0 aliphatic carbocycles. The normalized spacial score (nSPS) is 11.5. The lowest BCUT2D eigenvalue weighted by Gasteiger charge is -2.18. The van der Waals surface area contributed by atoms with Gasteiger partial charge in [-0.15, -0.1) is 10.2 Å². The number of aromatic nitrogens is 2. The van der Waals surface area contributed by atoms with Crippen molar-refractivity contribution < 1.29 is 9.34 Å². The first-order chi connectivity index (χ1) is 11.3. The van der Waals surface area contributed by atoms with Gasteiger partial charge in [-0.05, 0) is 35.2 Å². The van der Waals surface area contributed by atoms with Crippen molar-refractivity contribution in [3.8, 4) is 22.9 Å². The molecule has 0 saturated heterocycles. The Bertz CT molecular complexity index is 860. The largest absolute Gasteiger partial charge is 0.416 e. The van der Waals surface area contributed by atoms with Crippen LogP contribution in [0.3, 0.4) is 0 Å². The summed E-state index contributed by atoms with van der Waals surface area (Å²) in [5.74, 6) is 0.753. The second-order valence-corrected chi connectivity index (χ2v) is 6.54. The van der Waals surface area contributed by atoms with Gasteiger partial charge in [0.1, 0.15) is 0 Å². The highest BCUT2D eigenvalue weighted by atomic mass is 16.6. The fourth-order valence-electron chi connectivity index (χ4n) is 2.30. The van der Waals surface area contributed by atoms with Gasteiger partial charge in [0.05, 0.1) is 4.92 Å². The van der Waals surface area contributed by atoms with E-state index in [1.165, 1.54) is 17.7 Å². The van der Waals surface area contributed by atoms with Gasteiger partial charge >= 0.3 is 0 Å². The van der Waals surface area contributed by atoms with Gasteiger partial charge in [0, 0.05) is 23.3 Å². The van der Waals surface area contributed by atoms with Crippen LogP contribution in [0, 0.1) is 10.1 Å². The van der Waals surface area contributed by atoms with Crippen LogP contribution >= 0.6 is 0 Å². The van der Waals surface area contributed by atoms with Crippen molar-refractivity contribution in [2.24, 2.45) is 0 Å². The van der Waals surface area contributed by atoms with Crippen LogP contribution in [0.1, 0.15) is 26.3 Å². The molecule has 1 aromatic heterocycles. The molecule has 0 spiro atoms. The third-order valence-corrected chi connectivity index (χ3v) is 3.75. The van der Waals surface area contributed by atoms with Crippen molar-refractivity contribution in [1.29, 1.82) is 0 Å². The molecule has 0 bridgehead atoms. The molecule has 0 fully saturated rings. The van der Waals surface area contributed by atoms with E-state index >= 15 is 0 Å². The zero-order chi connectivity index (χ0) is 17.3. The Kier molecular flexibility index (Phi) is 3.89. The summed E-state index contributed by atoms with van der Waals surface area (Å²) in [6.07, 6.45) is 0. The summed E-state index contributed by atoms with van der Waals surface area (Å²) in [5.41, 5.74) is 2.81. The van der Waals surface area contributed by atoms with Gasteiger partial charge in [0.15, 0.2) is 0 Å². The fourth-order valence-corrected chi connectivity index (χ4v) is 2.30. The molecule has 24 heavy (non-hydrogen) atoms. The molecule has 122 valence electrons. The molecule has 0 atom stereocenters. The van der Waals surface area contributed by atoms with E-state index in [0.29, 0.717) is 17.3 Å². The van der Waals surface area contributed by atoms with Gasteiger partial charge in [0.25, 0.3) is 5.69 Å². The highest BCUT2D eigenvalue weighted by Crippen LogP contribution is 2.28. The van der Waals surface area contributed by atoms with E-state index < -0.39 is 4.92 Å². The summed E-state index contributed by atoms with van der Waals surface area (Å²) in [7, 11) is 0. The van der Waals surface area contributed by atoms with Crippen LogP contribution in [0.25, 0.3) is 22.9 Å². The van der Waals surface area contributed by atoms with E-state index in [0.717, 1.165) is 5.56 Å². The topological polar surface area (TPSA) is 82.1 Å². The highest BCUT2D eigenvalue weighted by molar-refractivity contribution is 5.59. The number of hydrogen-bond donors (Lipinski definition) is 0. The third kappa shape index (κ3) is 3.17. The minimum atomic E-state index is -0.445. The SMILES string of the molecule is CC(C)(C)c1ccc(-c2nnc(-c3ccc([N+](=O)[O-])cc3)o2)cc1. The maximum absolute atomic E-state index is 10.7. The lowest BCUT2D eigenvalue weighted by Crippen LogP contribution is -2.10. The monoisotopic (exact) mass is 323 g/mol. The third-order valence-electron chi connectivity index (χ3n) is 3.75. The average Bonchev–Trinajstić information content (AvgIpc) is 3.04. The minimum absolute atomic E-state index is 0.0243. The van der Waals surface area contributed by atoms with Crippen molar-refractivity contribution >= 4 is 5.69 Å². The zero-order valence-electron chi connectivity index (χ0n) is 13.7. The number of nitro benzene ring substituents is 1. The Morgan fingerprint density at radius 2 is 1.33 bits per heavy atom. The molecule has 3 aromatic rings. The first-order valence-corrected chi connectivity index (χ1v) is 7.54. The van der Waals surface area contributed by atoms with Crippen LogP contribution in [-0.4, -0.2) is 15.1 Å². The van der Waals surface area contributed by atoms with E-state index in [-0.39, 0.29) is 11.1 Å². The summed E-state index contributed by atoms with van der Waals surface area (Å²) in [6.45, 7) is 6.46. The van der Waals surface area contributed by atoms with Crippen molar-refractivity contribution in [2.45, 2.75) is 26.2 Å². The second kappa shape index (κ2) is 5.88. The molecule has 1 heterocycles. The van der Waals surface area contributed by atoms with Crippen LogP contribution < -0.4 is 0 Å². The number of non-ortho nitro benzene ring substituents is 1. The number of benzene rings is 2. The minimum Gasteiger partial charge on any atom is -0.416 e. The lowest BCUT2D eigenvalue weighted by molar-refractivity contribution is -0.384. The predicted octanol–water partition coefficient (Wildman–Crippen LogP) is 4.61. The summed E-state index contributed by atoms with van der Waals surface area (Å²) >= 11 is 0. The van der Waals surface area contributed by atoms with Crippen LogP contribution in [0.5, 0.6) is 0 Å². The fraction of sp³-hybridized carbons (Fsp3) is 0.222. The first-order valence-electron chi connectivity index (χ1n) is 7.54. The Hall–Kier alpha value is -3.02. The molecule has 0 amide bonds. The molecule has 6 heteroatoms. The Labute approximate surface area is 139 Å². The van der Waals surface area contributed by atoms with Gasteiger partial charge in [-0.25, -0.2) is 0 Å². The van der Waals surface area contributed by atoms with Crippen molar-refractivity contribution in [3.63, 3.8) is 0 Å². The average molecular weight is 323 g/mol. The molecule has 6 nitrogen and oxygen atoms in total. The molecule has 0 radical (unpaired) electrons. The maximum atomic E-state index is 10.7. The standard InChI is InChI=1S/C18H17N3O3/c1-18(2,3)14-8-4-12(5-9-14)16-19-20-17(24-16)13-6-10-15(11-7-13)21(22)23/h4-11H,1-3H3. The first kappa shape index (κ1) is 15.9. The predicted molar refractivity (Wildman–Crippen MR) is 90.5 cm³/mol. The van der Waals surface area contributed by atoms with E-state index in [1.54, 1.807) is 12.1 Å². The van der Waals surface area contributed by atoms with Crippen molar-refractivity contribution in [2.75, 3.05) is 0 Å². The second-order valence-electron chi connectivity index (χ2n) is 6.54. The smallest absolute Gasteiger partial charge is 0.269 e. The van der Waals surface area contributed by atoms with E-state index in [4.69, 9.17) is 4.42 Å². The van der Waals surface area contributed by atoms with Crippen molar-refractivity contribution in [1.82, 2.24) is 10.2 Å². The van der Waals surface area contributed by atoms with Crippen LogP contribution in [0.4, 0.5) is 5.69 Å². The van der Waals surface area contributed by atoms with Gasteiger partial charge in [-0.3, -0.25) is 10.1 Å². The molecule has 2 aromatic carbocycles. The highest BCUT2D eigenvalue weighted by Gasteiger charge is 2.15. The summed E-state index contributed by atoms with van der Waals surface area (Å²) in [5, 5.41) is 18.8. The molecule has 0 aliphatic heterocycles. The van der Waals surface area contributed by atoms with E-state index in [1.807, 2.05) is 24.3 Å². The van der Waals surface area contributed by atoms with Gasteiger partial charge in [-0.2, -0.15) is 0 Å². The Balaban J connectivity index is 1.86. The molecule has 3 rings (SSSR count). The van der Waals surface area contributed by atoms with Crippen LogP contribution in [0.15, 0.2) is 52.9 Å². The summed E-state index contributed by atoms with van der Waals surface area (Å²) < 4.78 is 5.69. The number of rotatable bonds is 3. The van der Waals surface area contributed by atoms with E-state index in [2.05, 4.69) is 31.0 Å². The molecule has 0 unspecified atom stereocenters. The molecule has 0 aliphatic rings. The van der Waals surface area contributed by atoms with Crippen LogP contribution in [-0.2, 0) is 5.41 Å². The van der Waals surface area contributed by atoms with Crippen LogP contribution in [0.2, 0.25) is 0 Å². The summed E-state index contributed by atoms with van der Waals surface area (Å²) in [4.78, 5) is 10.2. The Morgan fingerprint density at radius 1 is 0.875 bits per heavy atom. The molecular weight excluding hydrogens is 306 g/mol. The Morgan fingerprint density at radius 3 is 1.75 bits per heavy atom. The number of nitrogens with zero attached hydrogens (tertiary/aromatic N) is 3. The van der Waals surface area contributed by atoms with Crippen molar-refractivity contribution in [3.05, 3.63) is 64.2 Å². The number of hydrogen-bond acceptors (Lipinski definition) is 5. The molecular formula is C18H17N3O3. The molecule has 0 saturated carbocycles. The van der Waals surface area contributed by atoms with Gasteiger partial charge in [0.2, 0.25) is 11.8 Å². The molecule has 0 N–H and O–H groups in total. The van der Waals surface area contributed by atoms with E-state index in [9.17, 15) is 10.1 Å².